The fraction of sp³-hybridized carbons (Fsp3) is 0.182. The number of halogens is 1. The summed E-state index contributed by atoms with van der Waals surface area (Å²) in [5.41, 5.74) is 1.68. The van der Waals surface area contributed by atoms with Gasteiger partial charge in [0, 0.05) is 5.56 Å². The number of thioether (sulfide) groups is 1. The Morgan fingerprint density at radius 1 is 1.03 bits per heavy atom. The highest BCUT2D eigenvalue weighted by molar-refractivity contribution is 7.98. The largest absolute Gasteiger partial charge is 0.340 e. The Balaban J connectivity index is 1.69. The van der Waals surface area contributed by atoms with Crippen molar-refractivity contribution < 1.29 is 9.59 Å². The van der Waals surface area contributed by atoms with Crippen molar-refractivity contribution in [1.29, 1.82) is 0 Å². The Bertz CT molecular complexity index is 1000. The van der Waals surface area contributed by atoms with Crippen LogP contribution in [0.15, 0.2) is 67.0 Å². The summed E-state index contributed by atoms with van der Waals surface area (Å²) in [5.74, 6) is 0.558. The minimum atomic E-state index is -0.713. The lowest BCUT2D eigenvalue weighted by atomic mass is 10.1. The van der Waals surface area contributed by atoms with Crippen LogP contribution in [0, 0.1) is 0 Å². The summed E-state index contributed by atoms with van der Waals surface area (Å²) in [4.78, 5) is 34.0. The van der Waals surface area contributed by atoms with Crippen LogP contribution in [0.3, 0.4) is 0 Å². The van der Waals surface area contributed by atoms with Gasteiger partial charge < -0.3 is 10.6 Å². The fourth-order valence-corrected chi connectivity index (χ4v) is 3.44. The molecule has 0 fully saturated rings. The first-order valence-electron chi connectivity index (χ1n) is 9.31. The molecule has 0 aliphatic rings. The Morgan fingerprint density at radius 2 is 1.70 bits per heavy atom. The molecule has 0 aliphatic heterocycles. The second kappa shape index (κ2) is 10.8. The van der Waals surface area contributed by atoms with E-state index in [-0.39, 0.29) is 5.91 Å². The number of nitrogens with zero attached hydrogens (tertiary/aromatic N) is 2. The number of amides is 2. The van der Waals surface area contributed by atoms with E-state index in [1.54, 1.807) is 48.4 Å². The smallest absolute Gasteiger partial charge is 0.253 e. The van der Waals surface area contributed by atoms with Crippen molar-refractivity contribution in [3.63, 3.8) is 0 Å². The summed E-state index contributed by atoms with van der Waals surface area (Å²) in [6, 6.07) is 15.6. The van der Waals surface area contributed by atoms with Crippen LogP contribution in [-0.2, 0) is 4.79 Å². The van der Waals surface area contributed by atoms with Crippen LogP contribution in [0.25, 0.3) is 11.4 Å². The highest BCUT2D eigenvalue weighted by Gasteiger charge is 2.22. The standard InChI is InChI=1S/C22H21ClN4O2S/c1-30-12-11-19(27-21(28)17-9-5-6-10-18(17)23)22(29)26-16-13-24-20(25-14-16)15-7-3-2-4-8-15/h2-10,13-14,19H,11-12H2,1H3,(H,26,29)(H,27,28). The third-order valence-electron chi connectivity index (χ3n) is 4.30. The molecule has 0 radical (unpaired) electrons. The molecule has 1 aromatic heterocycles. The first-order valence-corrected chi connectivity index (χ1v) is 11.1. The number of carbonyl (C=O) groups excluding carboxylic acids is 2. The quantitative estimate of drug-likeness (QED) is 0.546. The maximum Gasteiger partial charge on any atom is 0.253 e. The Hall–Kier alpha value is -2.90. The average molecular weight is 441 g/mol. The van der Waals surface area contributed by atoms with Crippen LogP contribution < -0.4 is 10.6 Å². The Kier molecular flexibility index (Phi) is 7.82. The molecule has 0 saturated heterocycles. The number of benzene rings is 2. The van der Waals surface area contributed by atoms with E-state index in [0.29, 0.717) is 34.3 Å². The van der Waals surface area contributed by atoms with Crippen LogP contribution in [0.5, 0.6) is 0 Å². The maximum absolute atomic E-state index is 12.8. The molecule has 8 heteroatoms. The highest BCUT2D eigenvalue weighted by atomic mass is 35.5. The maximum atomic E-state index is 12.8. The van der Waals surface area contributed by atoms with E-state index in [9.17, 15) is 9.59 Å². The summed E-state index contributed by atoms with van der Waals surface area (Å²) < 4.78 is 0. The first kappa shape index (κ1) is 21.8. The predicted molar refractivity (Wildman–Crippen MR) is 122 cm³/mol. The molecule has 2 N–H and O–H groups in total. The van der Waals surface area contributed by atoms with Crippen molar-refractivity contribution in [2.45, 2.75) is 12.5 Å². The monoisotopic (exact) mass is 440 g/mol. The molecule has 1 unspecified atom stereocenters. The topological polar surface area (TPSA) is 84.0 Å². The van der Waals surface area contributed by atoms with Crippen LogP contribution in [-0.4, -0.2) is 39.8 Å². The summed E-state index contributed by atoms with van der Waals surface area (Å²) in [7, 11) is 0. The molecule has 0 saturated carbocycles. The van der Waals surface area contributed by atoms with Gasteiger partial charge >= 0.3 is 0 Å². The Labute approximate surface area is 184 Å². The number of carbonyl (C=O) groups is 2. The van der Waals surface area contributed by atoms with E-state index >= 15 is 0 Å². The zero-order valence-electron chi connectivity index (χ0n) is 16.3. The van der Waals surface area contributed by atoms with Gasteiger partial charge in [0.25, 0.3) is 5.91 Å². The van der Waals surface area contributed by atoms with Gasteiger partial charge in [0.1, 0.15) is 6.04 Å². The lowest BCUT2D eigenvalue weighted by Crippen LogP contribution is -2.44. The number of rotatable bonds is 8. The number of nitrogens with one attached hydrogen (secondary N) is 2. The zero-order valence-corrected chi connectivity index (χ0v) is 17.9. The average Bonchev–Trinajstić information content (AvgIpc) is 2.78. The van der Waals surface area contributed by atoms with Gasteiger partial charge in [0.15, 0.2) is 5.82 Å². The predicted octanol–water partition coefficient (Wildman–Crippen LogP) is 4.29. The van der Waals surface area contributed by atoms with E-state index in [1.165, 1.54) is 0 Å². The molecule has 154 valence electrons. The van der Waals surface area contributed by atoms with E-state index in [2.05, 4.69) is 20.6 Å². The van der Waals surface area contributed by atoms with E-state index < -0.39 is 11.9 Å². The van der Waals surface area contributed by atoms with Crippen LogP contribution in [0.4, 0.5) is 5.69 Å². The van der Waals surface area contributed by atoms with Gasteiger partial charge in [-0.15, -0.1) is 0 Å². The molecule has 30 heavy (non-hydrogen) atoms. The molecule has 3 rings (SSSR count). The number of hydrogen-bond acceptors (Lipinski definition) is 5. The number of aromatic nitrogens is 2. The van der Waals surface area contributed by atoms with Crippen LogP contribution in [0.1, 0.15) is 16.8 Å². The second-order valence-electron chi connectivity index (χ2n) is 6.44. The van der Waals surface area contributed by atoms with Gasteiger partial charge in [0.05, 0.1) is 28.7 Å². The van der Waals surface area contributed by atoms with Crippen LogP contribution >= 0.6 is 23.4 Å². The van der Waals surface area contributed by atoms with E-state index in [0.717, 1.165) is 5.56 Å². The van der Waals surface area contributed by atoms with Gasteiger partial charge in [-0.1, -0.05) is 54.1 Å². The van der Waals surface area contributed by atoms with Crippen LogP contribution in [0.2, 0.25) is 5.02 Å². The minimum absolute atomic E-state index is 0.330. The first-order chi connectivity index (χ1) is 14.6. The fourth-order valence-electron chi connectivity index (χ4n) is 2.74. The molecule has 3 aromatic rings. The van der Waals surface area contributed by atoms with Gasteiger partial charge in [0.2, 0.25) is 5.91 Å². The van der Waals surface area contributed by atoms with Crippen molar-refractivity contribution in [1.82, 2.24) is 15.3 Å². The normalized spacial score (nSPS) is 11.5. The number of hydrogen-bond donors (Lipinski definition) is 2. The van der Waals surface area contributed by atoms with Crippen molar-refractivity contribution in [2.75, 3.05) is 17.3 Å². The van der Waals surface area contributed by atoms with E-state index in [4.69, 9.17) is 11.6 Å². The minimum Gasteiger partial charge on any atom is -0.340 e. The van der Waals surface area contributed by atoms with Crippen molar-refractivity contribution in [3.05, 3.63) is 77.6 Å². The molecule has 1 heterocycles. The number of anilines is 1. The van der Waals surface area contributed by atoms with Gasteiger partial charge in [-0.3, -0.25) is 9.59 Å². The third-order valence-corrected chi connectivity index (χ3v) is 5.28. The van der Waals surface area contributed by atoms with E-state index in [1.807, 2.05) is 36.6 Å². The molecule has 0 bridgehead atoms. The summed E-state index contributed by atoms with van der Waals surface area (Å²) in [6.07, 6.45) is 5.52. The molecular formula is C22H21ClN4O2S. The van der Waals surface area contributed by atoms with Gasteiger partial charge in [-0.25, -0.2) is 9.97 Å². The SMILES string of the molecule is CSCCC(NC(=O)c1ccccc1Cl)C(=O)Nc1cnc(-c2ccccc2)nc1. The third kappa shape index (κ3) is 5.81. The van der Waals surface area contributed by atoms with Crippen molar-refractivity contribution in [2.24, 2.45) is 0 Å². The summed E-state index contributed by atoms with van der Waals surface area (Å²) >= 11 is 7.70. The molecule has 2 amide bonds. The Morgan fingerprint density at radius 3 is 2.37 bits per heavy atom. The molecule has 2 aromatic carbocycles. The molecular weight excluding hydrogens is 420 g/mol. The second-order valence-corrected chi connectivity index (χ2v) is 7.83. The van der Waals surface area contributed by atoms with Crippen molar-refractivity contribution in [3.8, 4) is 11.4 Å². The summed E-state index contributed by atoms with van der Waals surface area (Å²) in [6.45, 7) is 0. The van der Waals surface area contributed by atoms with Crippen molar-refractivity contribution >= 4 is 40.9 Å². The molecule has 0 aliphatic carbocycles. The van der Waals surface area contributed by atoms with Gasteiger partial charge in [-0.05, 0) is 30.6 Å². The lowest BCUT2D eigenvalue weighted by molar-refractivity contribution is -0.118. The summed E-state index contributed by atoms with van der Waals surface area (Å²) in [5, 5.41) is 5.89. The molecule has 6 nitrogen and oxygen atoms in total. The highest BCUT2D eigenvalue weighted by Crippen LogP contribution is 2.17. The molecule has 0 spiro atoms. The lowest BCUT2D eigenvalue weighted by Gasteiger charge is -2.18. The van der Waals surface area contributed by atoms with Gasteiger partial charge in [-0.2, -0.15) is 11.8 Å². The molecule has 1 atom stereocenters. The zero-order chi connectivity index (χ0) is 21.3.